The summed E-state index contributed by atoms with van der Waals surface area (Å²) in [6, 6.07) is 11.7. The smallest absolute Gasteiger partial charge is 0.218 e. The van der Waals surface area contributed by atoms with E-state index in [0.29, 0.717) is 12.2 Å². The lowest BCUT2D eigenvalue weighted by Gasteiger charge is -2.16. The Morgan fingerprint density at radius 1 is 1.22 bits per heavy atom. The lowest BCUT2D eigenvalue weighted by molar-refractivity contribution is -0.118. The number of hydrogen-bond acceptors (Lipinski definition) is 5. The molecule has 1 unspecified atom stereocenters. The Balaban J connectivity index is 1.90. The summed E-state index contributed by atoms with van der Waals surface area (Å²) in [5.74, 6) is 0.185. The Hall–Kier alpha value is -3.09. The van der Waals surface area contributed by atoms with Crippen LogP contribution in [0, 0.1) is 0 Å². The van der Waals surface area contributed by atoms with Gasteiger partial charge in [0.15, 0.2) is 0 Å². The van der Waals surface area contributed by atoms with Crippen LogP contribution in [-0.4, -0.2) is 31.5 Å². The lowest BCUT2D eigenvalue weighted by atomic mass is 9.88. The predicted octanol–water partition coefficient (Wildman–Crippen LogP) is 1.46. The van der Waals surface area contributed by atoms with Gasteiger partial charge in [-0.2, -0.15) is 5.21 Å². The van der Waals surface area contributed by atoms with E-state index in [9.17, 15) is 4.79 Å². The molecule has 7 nitrogen and oxygen atoms in total. The Morgan fingerprint density at radius 2 is 2.04 bits per heavy atom. The minimum atomic E-state index is -0.325. The fourth-order valence-electron chi connectivity index (χ4n) is 2.57. The first-order chi connectivity index (χ1) is 11.2. The van der Waals surface area contributed by atoms with Crippen LogP contribution < -0.4 is 5.73 Å². The van der Waals surface area contributed by atoms with E-state index in [2.05, 4.69) is 25.6 Å². The molecular weight excluding hydrogens is 292 g/mol. The van der Waals surface area contributed by atoms with E-state index in [4.69, 9.17) is 5.73 Å². The second-order valence-electron chi connectivity index (χ2n) is 5.29. The van der Waals surface area contributed by atoms with Crippen LogP contribution in [0.3, 0.4) is 0 Å². The zero-order valence-corrected chi connectivity index (χ0v) is 12.4. The largest absolute Gasteiger partial charge is 0.370 e. The summed E-state index contributed by atoms with van der Waals surface area (Å²) in [6.07, 6.45) is 4.47. The second-order valence-corrected chi connectivity index (χ2v) is 5.29. The van der Waals surface area contributed by atoms with Crippen LogP contribution in [0.15, 0.2) is 48.8 Å². The number of H-pyrrole nitrogens is 1. The van der Waals surface area contributed by atoms with Crippen molar-refractivity contribution in [1.82, 2.24) is 25.6 Å². The Bertz CT molecular complexity index is 772. The maximum atomic E-state index is 11.5. The van der Waals surface area contributed by atoms with Crippen molar-refractivity contribution < 1.29 is 4.79 Å². The summed E-state index contributed by atoms with van der Waals surface area (Å²) >= 11 is 0. The first kappa shape index (κ1) is 14.8. The normalized spacial score (nSPS) is 12.0. The van der Waals surface area contributed by atoms with E-state index < -0.39 is 0 Å². The van der Waals surface area contributed by atoms with Gasteiger partial charge in [-0.1, -0.05) is 18.2 Å². The number of nitrogens with one attached hydrogen (secondary N) is 1. The third-order valence-electron chi connectivity index (χ3n) is 3.64. The number of rotatable bonds is 6. The average molecular weight is 308 g/mol. The highest BCUT2D eigenvalue weighted by molar-refractivity contribution is 5.75. The number of primary amides is 1. The molecule has 0 saturated carbocycles. The van der Waals surface area contributed by atoms with Gasteiger partial charge in [-0.15, -0.1) is 10.2 Å². The molecule has 0 radical (unpaired) electrons. The number of benzene rings is 1. The van der Waals surface area contributed by atoms with Crippen molar-refractivity contribution in [2.24, 2.45) is 5.73 Å². The number of tetrazole rings is 1. The first-order valence-electron chi connectivity index (χ1n) is 7.23. The Kier molecular flexibility index (Phi) is 4.37. The van der Waals surface area contributed by atoms with Gasteiger partial charge in [0.25, 0.3) is 0 Å². The molecule has 0 spiro atoms. The third kappa shape index (κ3) is 3.76. The molecule has 7 heteroatoms. The van der Waals surface area contributed by atoms with Gasteiger partial charge in [0.2, 0.25) is 11.7 Å². The summed E-state index contributed by atoms with van der Waals surface area (Å²) in [6.45, 7) is 0. The molecule has 116 valence electrons. The molecule has 0 saturated heterocycles. The molecule has 23 heavy (non-hydrogen) atoms. The van der Waals surface area contributed by atoms with Crippen LogP contribution in [0.4, 0.5) is 0 Å². The SMILES string of the molecule is NC(=O)CC(Cc1ccncc1)c1cccc(-c2nn[nH]n2)c1. The van der Waals surface area contributed by atoms with Gasteiger partial charge in [-0.3, -0.25) is 9.78 Å². The highest BCUT2D eigenvalue weighted by Gasteiger charge is 2.16. The van der Waals surface area contributed by atoms with Crippen molar-refractivity contribution in [1.29, 1.82) is 0 Å². The van der Waals surface area contributed by atoms with Crippen molar-refractivity contribution in [3.8, 4) is 11.4 Å². The van der Waals surface area contributed by atoms with Gasteiger partial charge in [-0.05, 0) is 46.9 Å². The maximum Gasteiger partial charge on any atom is 0.218 e. The van der Waals surface area contributed by atoms with Gasteiger partial charge in [0.1, 0.15) is 0 Å². The molecule has 1 aromatic carbocycles. The molecule has 0 fully saturated rings. The quantitative estimate of drug-likeness (QED) is 0.716. The Morgan fingerprint density at radius 3 is 2.74 bits per heavy atom. The zero-order valence-electron chi connectivity index (χ0n) is 12.4. The monoisotopic (exact) mass is 308 g/mol. The lowest BCUT2D eigenvalue weighted by Crippen LogP contribution is -2.17. The van der Waals surface area contributed by atoms with Crippen LogP contribution in [-0.2, 0) is 11.2 Å². The van der Waals surface area contributed by atoms with Crippen LogP contribution in [0.2, 0.25) is 0 Å². The van der Waals surface area contributed by atoms with Gasteiger partial charge < -0.3 is 5.73 Å². The Labute approximate surface area is 132 Å². The van der Waals surface area contributed by atoms with E-state index in [1.807, 2.05) is 36.4 Å². The molecule has 3 rings (SSSR count). The fraction of sp³-hybridized carbons (Fsp3) is 0.188. The third-order valence-corrected chi connectivity index (χ3v) is 3.64. The number of aromatic nitrogens is 5. The molecular formula is C16H16N6O. The van der Waals surface area contributed by atoms with Crippen LogP contribution in [0.25, 0.3) is 11.4 Å². The van der Waals surface area contributed by atoms with Gasteiger partial charge >= 0.3 is 0 Å². The summed E-state index contributed by atoms with van der Waals surface area (Å²) < 4.78 is 0. The number of hydrogen-bond donors (Lipinski definition) is 2. The first-order valence-corrected chi connectivity index (χ1v) is 7.23. The predicted molar refractivity (Wildman–Crippen MR) is 84.1 cm³/mol. The number of pyridine rings is 1. The van der Waals surface area contributed by atoms with Gasteiger partial charge in [0, 0.05) is 24.4 Å². The van der Waals surface area contributed by atoms with Crippen molar-refractivity contribution in [3.63, 3.8) is 0 Å². The van der Waals surface area contributed by atoms with Crippen molar-refractivity contribution in [2.75, 3.05) is 0 Å². The standard InChI is InChI=1S/C16H16N6O/c17-15(23)10-14(8-11-4-6-18-7-5-11)12-2-1-3-13(9-12)16-19-21-22-20-16/h1-7,9,14H,8,10H2,(H2,17,23)(H,19,20,21,22). The van der Waals surface area contributed by atoms with Crippen LogP contribution in [0.1, 0.15) is 23.5 Å². The number of carbonyl (C=O) groups is 1. The summed E-state index contributed by atoms with van der Waals surface area (Å²) in [5.41, 5.74) is 8.40. The molecule has 1 amide bonds. The average Bonchev–Trinajstić information content (AvgIpc) is 3.09. The molecule has 3 N–H and O–H groups in total. The summed E-state index contributed by atoms with van der Waals surface area (Å²) in [4.78, 5) is 15.5. The van der Waals surface area contributed by atoms with Crippen LogP contribution >= 0.6 is 0 Å². The highest BCUT2D eigenvalue weighted by atomic mass is 16.1. The summed E-state index contributed by atoms with van der Waals surface area (Å²) in [5, 5.41) is 14.0. The maximum absolute atomic E-state index is 11.5. The molecule has 1 atom stereocenters. The van der Waals surface area contributed by atoms with Crippen LogP contribution in [0.5, 0.6) is 0 Å². The highest BCUT2D eigenvalue weighted by Crippen LogP contribution is 2.27. The van der Waals surface area contributed by atoms with Gasteiger partial charge in [-0.25, -0.2) is 0 Å². The van der Waals surface area contributed by atoms with Crippen molar-refractivity contribution >= 4 is 5.91 Å². The molecule has 0 bridgehead atoms. The minimum absolute atomic E-state index is 0.0123. The van der Waals surface area contributed by atoms with Crippen molar-refractivity contribution in [3.05, 3.63) is 59.9 Å². The topological polar surface area (TPSA) is 110 Å². The van der Waals surface area contributed by atoms with E-state index in [1.54, 1.807) is 12.4 Å². The van der Waals surface area contributed by atoms with E-state index in [1.165, 1.54) is 0 Å². The number of amides is 1. The van der Waals surface area contributed by atoms with Gasteiger partial charge in [0.05, 0.1) is 0 Å². The molecule has 0 aliphatic rings. The molecule has 2 heterocycles. The van der Waals surface area contributed by atoms with E-state index in [-0.39, 0.29) is 18.2 Å². The molecule has 3 aromatic rings. The second kappa shape index (κ2) is 6.78. The minimum Gasteiger partial charge on any atom is -0.370 e. The number of carbonyl (C=O) groups excluding carboxylic acids is 1. The fourth-order valence-corrected chi connectivity index (χ4v) is 2.57. The molecule has 2 aromatic heterocycles. The molecule has 0 aliphatic heterocycles. The zero-order chi connectivity index (χ0) is 16.1. The van der Waals surface area contributed by atoms with Crippen molar-refractivity contribution in [2.45, 2.75) is 18.8 Å². The summed E-state index contributed by atoms with van der Waals surface area (Å²) in [7, 11) is 0. The number of nitrogens with zero attached hydrogens (tertiary/aromatic N) is 4. The van der Waals surface area contributed by atoms with E-state index in [0.717, 1.165) is 16.7 Å². The number of aromatic amines is 1. The molecule has 0 aliphatic carbocycles. The van der Waals surface area contributed by atoms with E-state index >= 15 is 0 Å². The number of nitrogens with two attached hydrogens (primary N) is 1.